The maximum absolute atomic E-state index is 10.2. The Labute approximate surface area is 74.9 Å². The first-order chi connectivity index (χ1) is 6.10. The van der Waals surface area contributed by atoms with Crippen LogP contribution in [-0.4, -0.2) is 28.2 Å². The summed E-state index contributed by atoms with van der Waals surface area (Å²) in [5, 5.41) is 25.5. The second-order valence-electron chi connectivity index (χ2n) is 2.50. The summed E-state index contributed by atoms with van der Waals surface area (Å²) >= 11 is 0. The Morgan fingerprint density at radius 2 is 2.15 bits per heavy atom. The van der Waals surface area contributed by atoms with Crippen LogP contribution in [0.4, 0.5) is 0 Å². The summed E-state index contributed by atoms with van der Waals surface area (Å²) in [6.45, 7) is 0. The standard InChI is InChI=1S/C8H9NO4/c9-2-1-7(11)3-6(5-10)4-8(12)13/h7,11H,1,3-4H2,(H,12,13)/t7-/m0/s1. The van der Waals surface area contributed by atoms with Gasteiger partial charge in [-0.1, -0.05) is 0 Å². The average molecular weight is 183 g/mol. The van der Waals surface area contributed by atoms with Crippen molar-refractivity contribution in [3.63, 3.8) is 0 Å². The molecule has 70 valence electrons. The van der Waals surface area contributed by atoms with Gasteiger partial charge >= 0.3 is 5.97 Å². The quantitative estimate of drug-likeness (QED) is 0.579. The number of rotatable bonds is 5. The van der Waals surface area contributed by atoms with Crippen LogP contribution in [0.2, 0.25) is 0 Å². The lowest BCUT2D eigenvalue weighted by molar-refractivity contribution is -0.136. The highest BCUT2D eigenvalue weighted by molar-refractivity contribution is 5.74. The minimum Gasteiger partial charge on any atom is -0.481 e. The third-order valence-corrected chi connectivity index (χ3v) is 1.32. The van der Waals surface area contributed by atoms with E-state index in [1.807, 2.05) is 0 Å². The summed E-state index contributed by atoms with van der Waals surface area (Å²) in [5.41, 5.74) is -0.0322. The molecule has 0 spiro atoms. The zero-order valence-electron chi connectivity index (χ0n) is 6.86. The zero-order valence-corrected chi connectivity index (χ0v) is 6.86. The summed E-state index contributed by atoms with van der Waals surface area (Å²) in [5.74, 6) is 0.289. The third-order valence-electron chi connectivity index (χ3n) is 1.32. The Morgan fingerprint density at radius 3 is 2.54 bits per heavy atom. The lowest BCUT2D eigenvalue weighted by Crippen LogP contribution is -2.09. The fraction of sp³-hybridized carbons (Fsp3) is 0.500. The Kier molecular flexibility index (Phi) is 5.20. The summed E-state index contributed by atoms with van der Waals surface area (Å²) < 4.78 is 0. The Morgan fingerprint density at radius 1 is 1.54 bits per heavy atom. The minimum absolute atomic E-state index is 0.0322. The maximum atomic E-state index is 10.2. The molecule has 0 radical (unpaired) electrons. The molecule has 0 heterocycles. The first kappa shape index (κ1) is 11.4. The van der Waals surface area contributed by atoms with E-state index in [4.69, 9.17) is 15.5 Å². The molecule has 5 heteroatoms. The molecule has 0 saturated heterocycles. The Balaban J connectivity index is 4.09. The Hall–Kier alpha value is -1.63. The van der Waals surface area contributed by atoms with Gasteiger partial charge in [0.25, 0.3) is 0 Å². The molecular formula is C8H9NO4. The van der Waals surface area contributed by atoms with Crippen molar-refractivity contribution >= 4 is 11.9 Å². The lowest BCUT2D eigenvalue weighted by atomic mass is 10.1. The number of carbonyl (C=O) groups is 1. The molecule has 0 aliphatic carbocycles. The van der Waals surface area contributed by atoms with Crippen molar-refractivity contribution in [1.29, 1.82) is 5.26 Å². The number of carboxylic acid groups (broad SMARTS) is 1. The second-order valence-corrected chi connectivity index (χ2v) is 2.50. The van der Waals surface area contributed by atoms with Crippen molar-refractivity contribution in [2.75, 3.05) is 0 Å². The van der Waals surface area contributed by atoms with Gasteiger partial charge in [0.1, 0.15) is 5.94 Å². The van der Waals surface area contributed by atoms with Crippen molar-refractivity contribution in [2.45, 2.75) is 25.4 Å². The average Bonchev–Trinajstić information content (AvgIpc) is 2.02. The van der Waals surface area contributed by atoms with Crippen molar-refractivity contribution in [2.24, 2.45) is 0 Å². The largest absolute Gasteiger partial charge is 0.481 e. The van der Waals surface area contributed by atoms with Gasteiger partial charge in [-0.3, -0.25) is 4.79 Å². The highest BCUT2D eigenvalue weighted by Gasteiger charge is 2.11. The van der Waals surface area contributed by atoms with Crippen molar-refractivity contribution in [1.82, 2.24) is 0 Å². The fourth-order valence-electron chi connectivity index (χ4n) is 0.794. The van der Waals surface area contributed by atoms with E-state index in [-0.39, 0.29) is 18.4 Å². The predicted octanol–water partition coefficient (Wildman–Crippen LogP) is -0.116. The number of hydrogen-bond donors (Lipinski definition) is 2. The highest BCUT2D eigenvalue weighted by atomic mass is 16.4. The van der Waals surface area contributed by atoms with Gasteiger partial charge < -0.3 is 10.2 Å². The van der Waals surface area contributed by atoms with Gasteiger partial charge in [-0.2, -0.15) is 5.26 Å². The number of nitrogens with zero attached hydrogens (tertiary/aromatic N) is 1. The fourth-order valence-corrected chi connectivity index (χ4v) is 0.794. The SMILES string of the molecule is N#CC[C@H](O)CC(=C=O)CC(=O)O. The summed E-state index contributed by atoms with van der Waals surface area (Å²) in [6, 6.07) is 1.71. The number of nitriles is 1. The molecule has 0 saturated carbocycles. The van der Waals surface area contributed by atoms with E-state index in [1.54, 1.807) is 6.07 Å². The van der Waals surface area contributed by atoms with Gasteiger partial charge in [-0.05, 0) is 0 Å². The van der Waals surface area contributed by atoms with Gasteiger partial charge in [-0.15, -0.1) is 0 Å². The van der Waals surface area contributed by atoms with Crippen LogP contribution >= 0.6 is 0 Å². The molecule has 0 aromatic heterocycles. The van der Waals surface area contributed by atoms with Gasteiger partial charge in [0.2, 0.25) is 0 Å². The van der Waals surface area contributed by atoms with Crippen molar-refractivity contribution in [3.8, 4) is 6.07 Å². The van der Waals surface area contributed by atoms with Crippen LogP contribution < -0.4 is 0 Å². The topological polar surface area (TPSA) is 98.4 Å². The lowest BCUT2D eigenvalue weighted by Gasteiger charge is -2.04. The molecule has 2 N–H and O–H groups in total. The first-order valence-corrected chi connectivity index (χ1v) is 3.59. The van der Waals surface area contributed by atoms with Crippen molar-refractivity contribution < 1.29 is 19.8 Å². The highest BCUT2D eigenvalue weighted by Crippen LogP contribution is 2.08. The number of aliphatic hydroxyl groups is 1. The van der Waals surface area contributed by atoms with Crippen LogP contribution in [0.25, 0.3) is 0 Å². The molecule has 0 aliphatic rings. The summed E-state index contributed by atoms with van der Waals surface area (Å²) in [4.78, 5) is 20.3. The van der Waals surface area contributed by atoms with E-state index in [2.05, 4.69) is 0 Å². The van der Waals surface area contributed by atoms with Gasteiger partial charge in [0, 0.05) is 12.0 Å². The van der Waals surface area contributed by atoms with Crippen LogP contribution in [0.3, 0.4) is 0 Å². The molecule has 1 atom stereocenters. The van der Waals surface area contributed by atoms with Crippen LogP contribution in [0.5, 0.6) is 0 Å². The summed E-state index contributed by atoms with van der Waals surface area (Å²) in [7, 11) is 0. The molecule has 0 amide bonds. The van der Waals surface area contributed by atoms with Crippen LogP contribution in [-0.2, 0) is 9.59 Å². The van der Waals surface area contributed by atoms with Gasteiger partial charge in [0.05, 0.1) is 25.0 Å². The van der Waals surface area contributed by atoms with Crippen LogP contribution in [0, 0.1) is 11.3 Å². The monoisotopic (exact) mass is 183 g/mol. The van der Waals surface area contributed by atoms with E-state index >= 15 is 0 Å². The number of carbonyl (C=O) groups excluding carboxylic acids is 1. The number of hydrogen-bond acceptors (Lipinski definition) is 4. The molecule has 13 heavy (non-hydrogen) atoms. The van der Waals surface area contributed by atoms with Gasteiger partial charge in [-0.25, -0.2) is 4.79 Å². The normalized spacial score (nSPS) is 11.1. The molecule has 5 nitrogen and oxygen atoms in total. The number of aliphatic hydroxyl groups excluding tert-OH is 1. The molecule has 0 aromatic carbocycles. The molecule has 0 rings (SSSR count). The first-order valence-electron chi connectivity index (χ1n) is 3.59. The molecule has 0 aromatic rings. The molecule has 0 bridgehead atoms. The zero-order chi connectivity index (χ0) is 10.3. The molecule has 0 fully saturated rings. The maximum Gasteiger partial charge on any atom is 0.308 e. The number of aliphatic carboxylic acids is 1. The van der Waals surface area contributed by atoms with E-state index < -0.39 is 18.5 Å². The van der Waals surface area contributed by atoms with E-state index in [9.17, 15) is 9.59 Å². The number of carboxylic acids is 1. The van der Waals surface area contributed by atoms with Crippen LogP contribution in [0.1, 0.15) is 19.3 Å². The Bertz CT molecular complexity index is 272. The van der Waals surface area contributed by atoms with Crippen LogP contribution in [0.15, 0.2) is 5.57 Å². The molecular weight excluding hydrogens is 174 g/mol. The minimum atomic E-state index is -1.15. The second kappa shape index (κ2) is 5.95. The van der Waals surface area contributed by atoms with E-state index in [0.29, 0.717) is 0 Å². The smallest absolute Gasteiger partial charge is 0.308 e. The van der Waals surface area contributed by atoms with E-state index in [1.165, 1.54) is 5.94 Å². The van der Waals surface area contributed by atoms with E-state index in [0.717, 1.165) is 0 Å². The molecule has 0 unspecified atom stereocenters. The summed E-state index contributed by atoms with van der Waals surface area (Å²) in [6.07, 6.45) is -1.65. The third kappa shape index (κ3) is 5.62. The molecule has 0 aliphatic heterocycles. The predicted molar refractivity (Wildman–Crippen MR) is 42.3 cm³/mol. The van der Waals surface area contributed by atoms with Gasteiger partial charge in [0.15, 0.2) is 0 Å². The van der Waals surface area contributed by atoms with Crippen molar-refractivity contribution in [3.05, 3.63) is 5.57 Å².